The SMILES string of the molecule is CCN1C(=O)c2cccnc2Sc2cc(CNC(=O)Cc3ccsc3)ccc21. The molecular formula is C21H19N3O2S2. The Labute approximate surface area is 171 Å². The highest BCUT2D eigenvalue weighted by Crippen LogP contribution is 2.40. The lowest BCUT2D eigenvalue weighted by Crippen LogP contribution is -2.30. The van der Waals surface area contributed by atoms with Crippen molar-refractivity contribution in [2.75, 3.05) is 11.4 Å². The van der Waals surface area contributed by atoms with Gasteiger partial charge < -0.3 is 10.2 Å². The number of hydrogen-bond acceptors (Lipinski definition) is 5. The molecule has 1 aromatic carbocycles. The number of nitrogens with one attached hydrogen (secondary N) is 1. The summed E-state index contributed by atoms with van der Waals surface area (Å²) in [4.78, 5) is 32.2. The van der Waals surface area contributed by atoms with Crippen LogP contribution in [0.25, 0.3) is 0 Å². The fourth-order valence-electron chi connectivity index (χ4n) is 3.12. The summed E-state index contributed by atoms with van der Waals surface area (Å²) in [5.41, 5.74) is 3.52. The topological polar surface area (TPSA) is 62.3 Å². The van der Waals surface area contributed by atoms with E-state index in [1.807, 2.05) is 48.0 Å². The van der Waals surface area contributed by atoms with Crippen LogP contribution in [0.2, 0.25) is 0 Å². The van der Waals surface area contributed by atoms with Crippen molar-refractivity contribution in [1.82, 2.24) is 10.3 Å². The van der Waals surface area contributed by atoms with Crippen LogP contribution in [0.4, 0.5) is 5.69 Å². The van der Waals surface area contributed by atoms with Crippen LogP contribution in [0.1, 0.15) is 28.4 Å². The zero-order valence-electron chi connectivity index (χ0n) is 15.3. The number of thiophene rings is 1. The number of rotatable bonds is 5. The first-order valence-electron chi connectivity index (χ1n) is 9.01. The van der Waals surface area contributed by atoms with Crippen LogP contribution in [-0.4, -0.2) is 23.3 Å². The van der Waals surface area contributed by atoms with Crippen molar-refractivity contribution >= 4 is 40.6 Å². The molecule has 0 radical (unpaired) electrons. The van der Waals surface area contributed by atoms with Gasteiger partial charge in [-0.15, -0.1) is 0 Å². The van der Waals surface area contributed by atoms with Gasteiger partial charge in [-0.05, 0) is 59.1 Å². The molecule has 1 aliphatic rings. The number of nitrogens with zero attached hydrogens (tertiary/aromatic N) is 2. The Hall–Kier alpha value is -2.64. The number of pyridine rings is 1. The first kappa shape index (κ1) is 18.7. The third-order valence-electron chi connectivity index (χ3n) is 4.52. The van der Waals surface area contributed by atoms with Crippen molar-refractivity contribution in [3.8, 4) is 0 Å². The van der Waals surface area contributed by atoms with Crippen molar-refractivity contribution in [3.63, 3.8) is 0 Å². The Bertz CT molecular complexity index is 1020. The second kappa shape index (κ2) is 8.16. The minimum atomic E-state index is -0.0336. The van der Waals surface area contributed by atoms with Crippen LogP contribution >= 0.6 is 23.1 Å². The largest absolute Gasteiger partial charge is 0.352 e. The second-order valence-corrected chi connectivity index (χ2v) is 8.21. The van der Waals surface area contributed by atoms with Crippen molar-refractivity contribution in [1.29, 1.82) is 0 Å². The molecule has 3 aromatic rings. The fourth-order valence-corrected chi connectivity index (χ4v) is 4.87. The lowest BCUT2D eigenvalue weighted by molar-refractivity contribution is -0.120. The van der Waals surface area contributed by atoms with E-state index in [0.717, 1.165) is 21.7 Å². The molecule has 5 nitrogen and oxygen atoms in total. The minimum Gasteiger partial charge on any atom is -0.352 e. The summed E-state index contributed by atoms with van der Waals surface area (Å²) in [6.45, 7) is 3.00. The molecule has 0 spiro atoms. The number of amides is 2. The monoisotopic (exact) mass is 409 g/mol. The van der Waals surface area contributed by atoms with Crippen LogP contribution in [-0.2, 0) is 17.8 Å². The van der Waals surface area contributed by atoms with Gasteiger partial charge in [0.1, 0.15) is 5.03 Å². The number of aromatic nitrogens is 1. The second-order valence-electron chi connectivity index (χ2n) is 6.39. The molecule has 0 saturated carbocycles. The Morgan fingerprint density at radius 3 is 2.89 bits per heavy atom. The van der Waals surface area contributed by atoms with Gasteiger partial charge in [0.15, 0.2) is 0 Å². The fraction of sp³-hybridized carbons (Fsp3) is 0.190. The van der Waals surface area contributed by atoms with Crippen LogP contribution in [0.15, 0.2) is 63.3 Å². The van der Waals surface area contributed by atoms with Crippen molar-refractivity contribution in [2.24, 2.45) is 0 Å². The molecule has 0 aliphatic carbocycles. The lowest BCUT2D eigenvalue weighted by Gasteiger charge is -2.21. The van der Waals surface area contributed by atoms with E-state index in [9.17, 15) is 9.59 Å². The van der Waals surface area contributed by atoms with Gasteiger partial charge in [-0.25, -0.2) is 4.98 Å². The summed E-state index contributed by atoms with van der Waals surface area (Å²) in [5.74, 6) is -0.0352. The Balaban J connectivity index is 1.55. The zero-order valence-corrected chi connectivity index (χ0v) is 17.0. The number of fused-ring (bicyclic) bond motifs is 2. The highest BCUT2D eigenvalue weighted by atomic mass is 32.2. The van der Waals surface area contributed by atoms with Gasteiger partial charge >= 0.3 is 0 Å². The van der Waals surface area contributed by atoms with E-state index in [1.54, 1.807) is 28.5 Å². The molecule has 0 fully saturated rings. The van der Waals surface area contributed by atoms with Crippen molar-refractivity contribution in [2.45, 2.75) is 29.8 Å². The molecule has 0 bridgehead atoms. The molecule has 2 aromatic heterocycles. The summed E-state index contributed by atoms with van der Waals surface area (Å²) >= 11 is 3.08. The van der Waals surface area contributed by atoms with E-state index >= 15 is 0 Å². The summed E-state index contributed by atoms with van der Waals surface area (Å²) < 4.78 is 0. The molecular weight excluding hydrogens is 390 g/mol. The van der Waals surface area contributed by atoms with E-state index in [2.05, 4.69) is 10.3 Å². The quantitative estimate of drug-likeness (QED) is 0.688. The summed E-state index contributed by atoms with van der Waals surface area (Å²) in [5, 5.41) is 7.64. The molecule has 0 unspecified atom stereocenters. The molecule has 28 heavy (non-hydrogen) atoms. The van der Waals surface area contributed by atoms with E-state index < -0.39 is 0 Å². The highest BCUT2D eigenvalue weighted by Gasteiger charge is 2.27. The van der Waals surface area contributed by atoms with Crippen LogP contribution in [0.3, 0.4) is 0 Å². The van der Waals surface area contributed by atoms with E-state index in [-0.39, 0.29) is 11.8 Å². The number of carbonyl (C=O) groups is 2. The molecule has 4 rings (SSSR count). The van der Waals surface area contributed by atoms with Crippen molar-refractivity contribution < 1.29 is 9.59 Å². The maximum atomic E-state index is 12.9. The molecule has 0 saturated heterocycles. The highest BCUT2D eigenvalue weighted by molar-refractivity contribution is 7.99. The van der Waals surface area contributed by atoms with Crippen LogP contribution < -0.4 is 10.2 Å². The van der Waals surface area contributed by atoms with Crippen molar-refractivity contribution in [3.05, 3.63) is 70.0 Å². The Morgan fingerprint density at radius 1 is 1.21 bits per heavy atom. The van der Waals surface area contributed by atoms with E-state index in [0.29, 0.717) is 30.1 Å². The summed E-state index contributed by atoms with van der Waals surface area (Å²) in [6, 6.07) is 11.5. The maximum absolute atomic E-state index is 12.9. The number of anilines is 1. The molecule has 0 atom stereocenters. The maximum Gasteiger partial charge on any atom is 0.261 e. The first-order valence-corrected chi connectivity index (χ1v) is 10.8. The van der Waals surface area contributed by atoms with Gasteiger partial charge in [-0.2, -0.15) is 11.3 Å². The Morgan fingerprint density at radius 2 is 2.11 bits per heavy atom. The number of benzene rings is 1. The van der Waals surface area contributed by atoms with Gasteiger partial charge in [-0.1, -0.05) is 17.8 Å². The van der Waals surface area contributed by atoms with Gasteiger partial charge in [0.2, 0.25) is 5.91 Å². The standard InChI is InChI=1S/C21H19N3O2S2/c1-2-24-17-6-5-14(12-23-19(25)11-15-7-9-27-13-15)10-18(17)28-20-16(21(24)26)4-3-8-22-20/h3-10,13H,2,11-12H2,1H3,(H,23,25). The predicted molar refractivity (Wildman–Crippen MR) is 112 cm³/mol. The first-order chi connectivity index (χ1) is 13.7. The third-order valence-corrected chi connectivity index (χ3v) is 6.32. The van der Waals surface area contributed by atoms with Gasteiger partial charge in [0.25, 0.3) is 5.91 Å². The summed E-state index contributed by atoms with van der Waals surface area (Å²) in [6.07, 6.45) is 2.09. The van der Waals surface area contributed by atoms with Crippen LogP contribution in [0, 0.1) is 0 Å². The molecule has 1 N–H and O–H groups in total. The Kier molecular flexibility index (Phi) is 5.45. The smallest absolute Gasteiger partial charge is 0.261 e. The van der Waals surface area contributed by atoms with E-state index in [4.69, 9.17) is 0 Å². The summed E-state index contributed by atoms with van der Waals surface area (Å²) in [7, 11) is 0. The zero-order chi connectivity index (χ0) is 19.5. The van der Waals surface area contributed by atoms with Gasteiger partial charge in [0, 0.05) is 24.2 Å². The average Bonchev–Trinajstić information content (AvgIpc) is 3.17. The predicted octanol–water partition coefficient (Wildman–Crippen LogP) is 4.13. The van der Waals surface area contributed by atoms with Crippen LogP contribution in [0.5, 0.6) is 0 Å². The molecule has 3 heterocycles. The van der Waals surface area contributed by atoms with E-state index in [1.165, 1.54) is 11.8 Å². The lowest BCUT2D eigenvalue weighted by atomic mass is 10.1. The third kappa shape index (κ3) is 3.81. The average molecular weight is 410 g/mol. The molecule has 1 aliphatic heterocycles. The normalized spacial score (nSPS) is 12.9. The van der Waals surface area contributed by atoms with Gasteiger partial charge in [-0.3, -0.25) is 9.59 Å². The number of carbonyl (C=O) groups excluding carboxylic acids is 2. The molecule has 7 heteroatoms. The minimum absolute atomic E-state index is 0.00151. The molecule has 142 valence electrons. The van der Waals surface area contributed by atoms with Gasteiger partial charge in [0.05, 0.1) is 17.7 Å². The molecule has 2 amide bonds. The number of hydrogen-bond donors (Lipinski definition) is 1.